The first-order valence-corrected chi connectivity index (χ1v) is 10.6. The van der Waals surface area contributed by atoms with Gasteiger partial charge in [0.2, 0.25) is 0 Å². The molecule has 1 atom stereocenters. The number of halogens is 2. The average Bonchev–Trinajstić information content (AvgIpc) is 3.35. The number of ether oxygens (including phenoxy) is 1. The van der Waals surface area contributed by atoms with Crippen molar-refractivity contribution < 1.29 is 18.3 Å². The van der Waals surface area contributed by atoms with Crippen LogP contribution in [-0.4, -0.2) is 26.6 Å². The summed E-state index contributed by atoms with van der Waals surface area (Å²) in [5.74, 6) is -0.161. The Morgan fingerprint density at radius 1 is 1.00 bits per heavy atom. The molecule has 0 saturated heterocycles. The Bertz CT molecular complexity index is 1290. The van der Waals surface area contributed by atoms with Crippen LogP contribution in [0, 0.1) is 11.6 Å². The van der Waals surface area contributed by atoms with E-state index in [1.165, 1.54) is 24.3 Å². The monoisotopic (exact) mass is 452 g/mol. The van der Waals surface area contributed by atoms with Gasteiger partial charge in [0.15, 0.2) is 0 Å². The SMILES string of the molecule is CC(C)(C)OC(=O)N[C@@](C)(Cc1c[nH]c2cc(F)ccc12)c1nc(-c2ccc(F)cc2)c[nH]1. The molecule has 1 amide bonds. The summed E-state index contributed by atoms with van der Waals surface area (Å²) < 4.78 is 32.5. The Balaban J connectivity index is 1.71. The van der Waals surface area contributed by atoms with Gasteiger partial charge in [-0.1, -0.05) is 0 Å². The van der Waals surface area contributed by atoms with Crippen LogP contribution in [0.4, 0.5) is 13.6 Å². The molecular weight excluding hydrogens is 426 g/mol. The van der Waals surface area contributed by atoms with E-state index in [0.29, 0.717) is 23.5 Å². The molecule has 172 valence electrons. The molecule has 3 N–H and O–H groups in total. The van der Waals surface area contributed by atoms with Crippen molar-refractivity contribution in [2.45, 2.75) is 45.3 Å². The first-order valence-electron chi connectivity index (χ1n) is 10.6. The molecule has 0 unspecified atom stereocenters. The summed E-state index contributed by atoms with van der Waals surface area (Å²) in [7, 11) is 0. The number of rotatable bonds is 5. The van der Waals surface area contributed by atoms with E-state index in [-0.39, 0.29) is 11.6 Å². The highest BCUT2D eigenvalue weighted by molar-refractivity contribution is 5.83. The highest BCUT2D eigenvalue weighted by Crippen LogP contribution is 2.30. The molecule has 6 nitrogen and oxygen atoms in total. The summed E-state index contributed by atoms with van der Waals surface area (Å²) in [5.41, 5.74) is 1.24. The van der Waals surface area contributed by atoms with Crippen molar-refractivity contribution in [2.75, 3.05) is 0 Å². The van der Waals surface area contributed by atoms with E-state index < -0.39 is 17.2 Å². The second-order valence-corrected chi connectivity index (χ2v) is 9.28. The van der Waals surface area contributed by atoms with Crippen molar-refractivity contribution in [3.05, 3.63) is 77.9 Å². The molecule has 4 rings (SSSR count). The zero-order valence-corrected chi connectivity index (χ0v) is 18.9. The number of imidazole rings is 1. The van der Waals surface area contributed by atoms with Crippen LogP contribution in [0.3, 0.4) is 0 Å². The van der Waals surface area contributed by atoms with Crippen LogP contribution < -0.4 is 5.32 Å². The predicted octanol–water partition coefficient (Wildman–Crippen LogP) is 5.82. The van der Waals surface area contributed by atoms with Gasteiger partial charge in [-0.25, -0.2) is 18.6 Å². The first-order chi connectivity index (χ1) is 15.5. The fraction of sp³-hybridized carbons (Fsp3) is 0.280. The summed E-state index contributed by atoms with van der Waals surface area (Å²) in [6.45, 7) is 7.21. The van der Waals surface area contributed by atoms with Crippen molar-refractivity contribution in [1.29, 1.82) is 0 Å². The third-order valence-corrected chi connectivity index (χ3v) is 5.29. The molecule has 8 heteroatoms. The molecule has 2 aromatic heterocycles. The third kappa shape index (κ3) is 5.05. The average molecular weight is 453 g/mol. The number of nitrogens with one attached hydrogen (secondary N) is 3. The van der Waals surface area contributed by atoms with Gasteiger partial charge in [0.1, 0.15) is 28.6 Å². The molecule has 33 heavy (non-hydrogen) atoms. The highest BCUT2D eigenvalue weighted by Gasteiger charge is 2.35. The van der Waals surface area contributed by atoms with Gasteiger partial charge in [0, 0.05) is 35.3 Å². The number of alkyl carbamates (subject to hydrolysis) is 1. The van der Waals surface area contributed by atoms with Crippen LogP contribution in [0.15, 0.2) is 54.9 Å². The number of benzene rings is 2. The number of carbonyl (C=O) groups excluding carboxylic acids is 1. The predicted molar refractivity (Wildman–Crippen MR) is 123 cm³/mol. The first kappa shape index (κ1) is 22.5. The molecule has 0 bridgehead atoms. The van der Waals surface area contributed by atoms with Gasteiger partial charge >= 0.3 is 6.09 Å². The lowest BCUT2D eigenvalue weighted by molar-refractivity contribution is 0.0456. The van der Waals surface area contributed by atoms with Crippen molar-refractivity contribution in [3.63, 3.8) is 0 Å². The van der Waals surface area contributed by atoms with Gasteiger partial charge in [-0.05, 0) is 75.7 Å². The summed E-state index contributed by atoms with van der Waals surface area (Å²) in [6.07, 6.45) is 3.27. The lowest BCUT2D eigenvalue weighted by Crippen LogP contribution is -2.48. The minimum Gasteiger partial charge on any atom is -0.444 e. The molecule has 0 spiro atoms. The Labute approximate surface area is 190 Å². The van der Waals surface area contributed by atoms with E-state index in [1.54, 1.807) is 51.4 Å². The second-order valence-electron chi connectivity index (χ2n) is 9.28. The molecule has 0 aliphatic heterocycles. The van der Waals surface area contributed by atoms with E-state index in [2.05, 4.69) is 20.3 Å². The Morgan fingerprint density at radius 3 is 2.39 bits per heavy atom. The maximum Gasteiger partial charge on any atom is 0.408 e. The number of aromatic amines is 2. The maximum absolute atomic E-state index is 13.6. The van der Waals surface area contributed by atoms with Gasteiger partial charge in [0.05, 0.1) is 5.69 Å². The van der Waals surface area contributed by atoms with Crippen LogP contribution in [0.25, 0.3) is 22.2 Å². The zero-order valence-electron chi connectivity index (χ0n) is 18.9. The van der Waals surface area contributed by atoms with Gasteiger partial charge in [-0.2, -0.15) is 0 Å². The molecule has 4 aromatic rings. The Morgan fingerprint density at radius 2 is 1.70 bits per heavy atom. The molecule has 0 fully saturated rings. The van der Waals surface area contributed by atoms with Gasteiger partial charge in [-0.15, -0.1) is 0 Å². The smallest absolute Gasteiger partial charge is 0.408 e. The molecule has 2 heterocycles. The third-order valence-electron chi connectivity index (χ3n) is 5.29. The fourth-order valence-corrected chi connectivity index (χ4v) is 3.77. The van der Waals surface area contributed by atoms with E-state index in [9.17, 15) is 13.6 Å². The number of carbonyl (C=O) groups is 1. The van der Waals surface area contributed by atoms with Crippen LogP contribution in [0.1, 0.15) is 39.1 Å². The minimum absolute atomic E-state index is 0.332. The minimum atomic E-state index is -0.982. The Kier molecular flexibility index (Phi) is 5.69. The Hall–Kier alpha value is -3.68. The highest BCUT2D eigenvalue weighted by atomic mass is 19.1. The van der Waals surface area contributed by atoms with Crippen molar-refractivity contribution in [3.8, 4) is 11.3 Å². The largest absolute Gasteiger partial charge is 0.444 e. The van der Waals surface area contributed by atoms with Crippen LogP contribution >= 0.6 is 0 Å². The van der Waals surface area contributed by atoms with E-state index in [1.807, 2.05) is 6.92 Å². The number of nitrogens with zero attached hydrogens (tertiary/aromatic N) is 1. The van der Waals surface area contributed by atoms with Crippen molar-refractivity contribution in [1.82, 2.24) is 20.3 Å². The standard InChI is InChI=1S/C25H26F2N4O2/c1-24(2,3)33-23(32)31-25(4,12-16-13-28-20-11-18(27)9-10-19(16)20)22-29-14-21(30-22)15-5-7-17(26)8-6-15/h5-11,13-14,28H,12H2,1-4H3,(H,29,30)(H,31,32)/t25-/m0/s1. The van der Waals surface area contributed by atoms with Crippen LogP contribution in [-0.2, 0) is 16.7 Å². The summed E-state index contributed by atoms with van der Waals surface area (Å²) in [5, 5.41) is 3.80. The number of aromatic nitrogens is 3. The number of hydrogen-bond acceptors (Lipinski definition) is 3. The molecule has 0 radical (unpaired) electrons. The summed E-state index contributed by atoms with van der Waals surface area (Å²) in [6, 6.07) is 10.6. The van der Waals surface area contributed by atoms with Gasteiger partial charge in [-0.3, -0.25) is 0 Å². The number of fused-ring (bicyclic) bond motifs is 1. The topological polar surface area (TPSA) is 82.8 Å². The molecule has 0 aliphatic rings. The normalized spacial score (nSPS) is 13.6. The fourth-order valence-electron chi connectivity index (χ4n) is 3.77. The maximum atomic E-state index is 13.6. The lowest BCUT2D eigenvalue weighted by atomic mass is 9.91. The molecular formula is C25H26F2N4O2. The van der Waals surface area contributed by atoms with Crippen LogP contribution in [0.5, 0.6) is 0 Å². The van der Waals surface area contributed by atoms with Crippen LogP contribution in [0.2, 0.25) is 0 Å². The van der Waals surface area contributed by atoms with Gasteiger partial charge in [0.25, 0.3) is 0 Å². The molecule has 0 aliphatic carbocycles. The zero-order chi connectivity index (χ0) is 23.8. The van der Waals surface area contributed by atoms with Gasteiger partial charge < -0.3 is 20.0 Å². The molecule has 0 saturated carbocycles. The van der Waals surface area contributed by atoms with E-state index in [0.717, 1.165) is 16.5 Å². The summed E-state index contributed by atoms with van der Waals surface area (Å²) >= 11 is 0. The number of hydrogen-bond donors (Lipinski definition) is 3. The molecule has 2 aromatic carbocycles. The van der Waals surface area contributed by atoms with E-state index in [4.69, 9.17) is 4.74 Å². The van der Waals surface area contributed by atoms with Crippen molar-refractivity contribution >= 4 is 17.0 Å². The summed E-state index contributed by atoms with van der Waals surface area (Å²) in [4.78, 5) is 23.6. The number of H-pyrrole nitrogens is 2. The number of amides is 1. The lowest BCUT2D eigenvalue weighted by Gasteiger charge is -2.30. The quantitative estimate of drug-likeness (QED) is 0.357. The van der Waals surface area contributed by atoms with E-state index >= 15 is 0 Å². The second kappa shape index (κ2) is 8.35. The van der Waals surface area contributed by atoms with Crippen molar-refractivity contribution in [2.24, 2.45) is 0 Å².